The number of hydrogen-bond donors (Lipinski definition) is 0. The fourth-order valence-electron chi connectivity index (χ4n) is 4.53. The summed E-state index contributed by atoms with van der Waals surface area (Å²) in [6.07, 6.45) is 5.58. The summed E-state index contributed by atoms with van der Waals surface area (Å²) in [6.45, 7) is 28.0. The first-order valence-corrected chi connectivity index (χ1v) is 14.5. The van der Waals surface area contributed by atoms with Gasteiger partial charge in [-0.25, -0.2) is 0 Å². The summed E-state index contributed by atoms with van der Waals surface area (Å²) >= 11 is 0. The van der Waals surface area contributed by atoms with Gasteiger partial charge >= 0.3 is 0 Å². The van der Waals surface area contributed by atoms with E-state index in [2.05, 4.69) is 76.2 Å². The highest BCUT2D eigenvalue weighted by Crippen LogP contribution is 2.38. The van der Waals surface area contributed by atoms with E-state index < -0.39 is 5.60 Å². The van der Waals surface area contributed by atoms with Crippen LogP contribution >= 0.6 is 0 Å². The third kappa shape index (κ3) is 7.66. The van der Waals surface area contributed by atoms with Crippen LogP contribution in [-0.2, 0) is 28.4 Å². The molecule has 36 heavy (non-hydrogen) atoms. The topological polar surface area (TPSA) is 55.4 Å². The summed E-state index contributed by atoms with van der Waals surface area (Å²) in [4.78, 5) is 0. The van der Waals surface area contributed by atoms with Gasteiger partial charge in [-0.15, -0.1) is 0 Å². The lowest BCUT2D eigenvalue weighted by molar-refractivity contribution is -0.329. The number of ether oxygens (including phenoxy) is 6. The van der Waals surface area contributed by atoms with Gasteiger partial charge in [0.25, 0.3) is 0 Å². The Morgan fingerprint density at radius 1 is 0.556 bits per heavy atom. The molecule has 3 fully saturated rings. The summed E-state index contributed by atoms with van der Waals surface area (Å²) in [5, 5.41) is 0. The van der Waals surface area contributed by atoms with Crippen LogP contribution in [0.5, 0.6) is 0 Å². The maximum atomic E-state index is 6.13. The van der Waals surface area contributed by atoms with E-state index in [1.807, 2.05) is 0 Å². The Bertz CT molecular complexity index is 590. The normalized spacial score (nSPS) is 31.6. The molecule has 3 aliphatic heterocycles. The molecule has 3 aliphatic rings. The summed E-state index contributed by atoms with van der Waals surface area (Å²) in [6, 6.07) is 0. The van der Waals surface area contributed by atoms with E-state index in [0.717, 1.165) is 45.3 Å². The average molecular weight is 515 g/mol. The first-order valence-electron chi connectivity index (χ1n) is 14.5. The van der Waals surface area contributed by atoms with Crippen LogP contribution in [-0.4, -0.2) is 69.3 Å². The van der Waals surface area contributed by atoms with Crippen molar-refractivity contribution in [2.24, 2.45) is 16.2 Å². The Morgan fingerprint density at radius 3 is 1.31 bits per heavy atom. The molecule has 0 aliphatic carbocycles. The van der Waals surface area contributed by atoms with E-state index in [-0.39, 0.29) is 40.3 Å². The quantitative estimate of drug-likeness (QED) is 0.356. The lowest BCUT2D eigenvalue weighted by Crippen LogP contribution is -2.60. The van der Waals surface area contributed by atoms with Crippen molar-refractivity contribution < 1.29 is 28.4 Å². The molecule has 0 bridgehead atoms. The fourth-order valence-corrected chi connectivity index (χ4v) is 4.53. The third-order valence-electron chi connectivity index (χ3n) is 9.58. The molecule has 6 nitrogen and oxygen atoms in total. The highest BCUT2D eigenvalue weighted by atomic mass is 16.7. The molecule has 3 heterocycles. The highest BCUT2D eigenvalue weighted by Gasteiger charge is 2.47. The molecule has 3 rings (SSSR count). The van der Waals surface area contributed by atoms with Crippen LogP contribution in [0.1, 0.15) is 108 Å². The molecular weight excluding hydrogens is 456 g/mol. The second-order valence-corrected chi connectivity index (χ2v) is 13.3. The standard InChI is InChI=1S/C17H32O4.C13H26O2/c1-7-15(3,4)13-9-21-17(10-18-13)11-19-14(20-12-17)16(5,6)8-2;1-6-12(4,5)11-9-15-13(7-2,8-3)10-14-11/h13-14H,7-12H2,1-6H3;11H,6-10H2,1-5H3. The molecule has 0 N–H and O–H groups in total. The lowest BCUT2D eigenvalue weighted by Gasteiger charge is -2.48. The summed E-state index contributed by atoms with van der Waals surface area (Å²) < 4.78 is 36.2. The second kappa shape index (κ2) is 12.7. The van der Waals surface area contributed by atoms with E-state index in [0.29, 0.717) is 26.4 Å². The predicted molar refractivity (Wildman–Crippen MR) is 145 cm³/mol. The Hall–Kier alpha value is -0.240. The summed E-state index contributed by atoms with van der Waals surface area (Å²) in [5.41, 5.74) is -0.0246. The summed E-state index contributed by atoms with van der Waals surface area (Å²) in [5.74, 6) is 0. The van der Waals surface area contributed by atoms with Gasteiger partial charge in [0, 0.05) is 5.41 Å². The third-order valence-corrected chi connectivity index (χ3v) is 9.58. The molecule has 0 saturated carbocycles. The molecule has 6 heteroatoms. The monoisotopic (exact) mass is 514 g/mol. The van der Waals surface area contributed by atoms with Gasteiger partial charge in [0.05, 0.1) is 57.5 Å². The molecule has 0 aromatic heterocycles. The predicted octanol–water partition coefficient (Wildman–Crippen LogP) is 6.78. The minimum Gasteiger partial charge on any atom is -0.372 e. The first kappa shape index (κ1) is 32.0. The molecule has 2 atom stereocenters. The zero-order valence-electron chi connectivity index (χ0n) is 25.5. The van der Waals surface area contributed by atoms with Gasteiger partial charge < -0.3 is 28.4 Å². The van der Waals surface area contributed by atoms with Crippen LogP contribution in [0, 0.1) is 16.2 Å². The molecule has 0 radical (unpaired) electrons. The fraction of sp³-hybridized carbons (Fsp3) is 1.00. The van der Waals surface area contributed by atoms with E-state index in [4.69, 9.17) is 28.4 Å². The van der Waals surface area contributed by atoms with Crippen molar-refractivity contribution in [2.75, 3.05) is 39.6 Å². The average Bonchev–Trinajstić information content (AvgIpc) is 2.89. The van der Waals surface area contributed by atoms with Gasteiger partial charge in [-0.3, -0.25) is 0 Å². The Kier molecular flexibility index (Phi) is 11.3. The van der Waals surface area contributed by atoms with Crippen LogP contribution in [0.15, 0.2) is 0 Å². The molecule has 1 spiro atoms. The van der Waals surface area contributed by atoms with Gasteiger partial charge in [-0.1, -0.05) is 76.2 Å². The van der Waals surface area contributed by atoms with Crippen molar-refractivity contribution in [1.29, 1.82) is 0 Å². The molecule has 0 amide bonds. The van der Waals surface area contributed by atoms with Crippen LogP contribution in [0.3, 0.4) is 0 Å². The van der Waals surface area contributed by atoms with Crippen LogP contribution < -0.4 is 0 Å². The molecule has 2 unspecified atom stereocenters. The van der Waals surface area contributed by atoms with Gasteiger partial charge in [-0.2, -0.15) is 0 Å². The Morgan fingerprint density at radius 2 is 0.972 bits per heavy atom. The van der Waals surface area contributed by atoms with E-state index in [9.17, 15) is 0 Å². The van der Waals surface area contributed by atoms with E-state index in [1.165, 1.54) is 0 Å². The van der Waals surface area contributed by atoms with Crippen molar-refractivity contribution >= 4 is 0 Å². The Balaban J connectivity index is 0.000000269. The molecule has 0 aromatic rings. The largest absolute Gasteiger partial charge is 0.372 e. The van der Waals surface area contributed by atoms with Gasteiger partial charge in [0.2, 0.25) is 0 Å². The van der Waals surface area contributed by atoms with E-state index >= 15 is 0 Å². The van der Waals surface area contributed by atoms with E-state index in [1.54, 1.807) is 0 Å². The van der Waals surface area contributed by atoms with Crippen molar-refractivity contribution in [3.05, 3.63) is 0 Å². The number of hydrogen-bond acceptors (Lipinski definition) is 6. The Labute approximate surface area is 222 Å². The maximum absolute atomic E-state index is 6.13. The smallest absolute Gasteiger partial charge is 0.162 e. The minimum absolute atomic E-state index is 0.0136. The zero-order chi connectivity index (χ0) is 27.3. The van der Waals surface area contributed by atoms with Crippen LogP contribution in [0.4, 0.5) is 0 Å². The highest BCUT2D eigenvalue weighted by molar-refractivity contribution is 4.92. The zero-order valence-corrected chi connectivity index (χ0v) is 25.5. The van der Waals surface area contributed by atoms with Gasteiger partial charge in [0.1, 0.15) is 5.60 Å². The van der Waals surface area contributed by atoms with Gasteiger partial charge in [0.15, 0.2) is 6.29 Å². The van der Waals surface area contributed by atoms with Crippen LogP contribution in [0.2, 0.25) is 0 Å². The SMILES string of the molecule is CCC(C)(C)C1COC2(CO1)COC(C(C)(C)CC)OC2.CCC1(CC)COC(C(C)(C)CC)CO1. The first-order chi connectivity index (χ1) is 16.7. The van der Waals surface area contributed by atoms with Crippen LogP contribution in [0.25, 0.3) is 0 Å². The van der Waals surface area contributed by atoms with Crippen molar-refractivity contribution in [2.45, 2.75) is 138 Å². The molecule has 3 saturated heterocycles. The molecular formula is C30H58O6. The van der Waals surface area contributed by atoms with Gasteiger partial charge in [-0.05, 0) is 42.9 Å². The van der Waals surface area contributed by atoms with Crippen molar-refractivity contribution in [3.63, 3.8) is 0 Å². The molecule has 214 valence electrons. The summed E-state index contributed by atoms with van der Waals surface area (Å²) in [7, 11) is 0. The van der Waals surface area contributed by atoms with Crippen molar-refractivity contribution in [3.8, 4) is 0 Å². The lowest BCUT2D eigenvalue weighted by atomic mass is 9.83. The number of rotatable bonds is 8. The maximum Gasteiger partial charge on any atom is 0.162 e. The second-order valence-electron chi connectivity index (χ2n) is 13.3. The minimum atomic E-state index is -0.416. The molecule has 0 aromatic carbocycles. The van der Waals surface area contributed by atoms with Crippen molar-refractivity contribution in [1.82, 2.24) is 0 Å².